The van der Waals surface area contributed by atoms with Gasteiger partial charge in [0.25, 0.3) is 0 Å². The van der Waals surface area contributed by atoms with Crippen molar-refractivity contribution in [2.24, 2.45) is 0 Å². The second-order valence-electron chi connectivity index (χ2n) is 3.41. The Morgan fingerprint density at radius 1 is 1.38 bits per heavy atom. The molecule has 1 aromatic carbocycles. The quantitative estimate of drug-likeness (QED) is 0.722. The van der Waals surface area contributed by atoms with Crippen LogP contribution in [-0.4, -0.2) is 7.11 Å². The average molecular weight is 200 g/mol. The predicted molar refractivity (Wildman–Crippen MR) is 55.0 cm³/mol. The van der Waals surface area contributed by atoms with Gasteiger partial charge in [0.05, 0.1) is 7.11 Å². The van der Waals surface area contributed by atoms with Crippen LogP contribution in [0.3, 0.4) is 0 Å². The summed E-state index contributed by atoms with van der Waals surface area (Å²) in [6.07, 6.45) is 0. The third kappa shape index (κ3) is 2.37. The molecule has 0 aliphatic heterocycles. The second-order valence-corrected chi connectivity index (χ2v) is 4.53. The van der Waals surface area contributed by atoms with E-state index in [-0.39, 0.29) is 16.3 Å². The van der Waals surface area contributed by atoms with Crippen molar-refractivity contribution in [3.8, 4) is 5.75 Å². The van der Waals surface area contributed by atoms with Crippen LogP contribution in [0, 0.1) is 5.82 Å². The first-order valence-corrected chi connectivity index (χ1v) is 4.46. The minimum absolute atomic E-state index is 0.265. The van der Waals surface area contributed by atoms with Crippen molar-refractivity contribution >= 4 is 12.6 Å². The van der Waals surface area contributed by atoms with Gasteiger partial charge in [0.15, 0.2) is 11.6 Å². The van der Waals surface area contributed by atoms with E-state index in [1.807, 2.05) is 19.9 Å². The molecule has 0 N–H and O–H groups in total. The average Bonchev–Trinajstić information content (AvgIpc) is 2.02. The number of benzene rings is 1. The lowest BCUT2D eigenvalue weighted by molar-refractivity contribution is 0.386. The number of ether oxygens (including phenoxy) is 1. The molecule has 0 bridgehead atoms. The largest absolute Gasteiger partial charge is 0.494 e. The molecule has 72 valence electrons. The van der Waals surface area contributed by atoms with Crippen molar-refractivity contribution in [3.05, 3.63) is 29.6 Å². The van der Waals surface area contributed by atoms with Crippen molar-refractivity contribution in [1.82, 2.24) is 0 Å². The van der Waals surface area contributed by atoms with Crippen LogP contribution >= 0.6 is 12.6 Å². The molecule has 0 unspecified atom stereocenters. The molecule has 0 radical (unpaired) electrons. The predicted octanol–water partition coefficient (Wildman–Crippen LogP) is 3.00. The first kappa shape index (κ1) is 10.4. The number of halogens is 1. The summed E-state index contributed by atoms with van der Waals surface area (Å²) in [5.41, 5.74) is 0.842. The maximum absolute atomic E-state index is 13.2. The molecule has 0 saturated heterocycles. The molecule has 0 aliphatic rings. The van der Waals surface area contributed by atoms with Crippen LogP contribution in [0.1, 0.15) is 19.4 Å². The van der Waals surface area contributed by atoms with Gasteiger partial charge in [0.1, 0.15) is 0 Å². The molecule has 1 aromatic rings. The van der Waals surface area contributed by atoms with Crippen LogP contribution in [0.25, 0.3) is 0 Å². The normalized spacial score (nSPS) is 11.5. The summed E-state index contributed by atoms with van der Waals surface area (Å²) in [5, 5.41) is 0. The van der Waals surface area contributed by atoms with Gasteiger partial charge in [0.2, 0.25) is 0 Å². The van der Waals surface area contributed by atoms with Crippen LogP contribution in [-0.2, 0) is 4.75 Å². The Labute approximate surface area is 83.3 Å². The Bertz CT molecular complexity index is 304. The van der Waals surface area contributed by atoms with Gasteiger partial charge in [-0.25, -0.2) is 4.39 Å². The van der Waals surface area contributed by atoms with Crippen LogP contribution < -0.4 is 4.74 Å². The lowest BCUT2D eigenvalue weighted by atomic mass is 10.0. The van der Waals surface area contributed by atoms with Gasteiger partial charge < -0.3 is 4.74 Å². The SMILES string of the molecule is COc1ccc(C(C)(C)S)cc1F. The fraction of sp³-hybridized carbons (Fsp3) is 0.400. The zero-order valence-corrected chi connectivity index (χ0v) is 8.86. The van der Waals surface area contributed by atoms with Gasteiger partial charge in [-0.2, -0.15) is 12.6 Å². The van der Waals surface area contributed by atoms with Gasteiger partial charge in [-0.15, -0.1) is 0 Å². The Balaban J connectivity index is 3.10. The van der Waals surface area contributed by atoms with Crippen molar-refractivity contribution < 1.29 is 9.13 Å². The van der Waals surface area contributed by atoms with Gasteiger partial charge in [-0.05, 0) is 31.5 Å². The first-order chi connectivity index (χ1) is 5.95. The van der Waals surface area contributed by atoms with Crippen molar-refractivity contribution in [3.63, 3.8) is 0 Å². The summed E-state index contributed by atoms with van der Waals surface area (Å²) in [7, 11) is 1.45. The van der Waals surface area contributed by atoms with Crippen molar-refractivity contribution in [2.45, 2.75) is 18.6 Å². The minimum Gasteiger partial charge on any atom is -0.494 e. The summed E-state index contributed by atoms with van der Waals surface area (Å²) in [6.45, 7) is 3.83. The molecule has 0 atom stereocenters. The van der Waals surface area contributed by atoms with Crippen molar-refractivity contribution in [2.75, 3.05) is 7.11 Å². The van der Waals surface area contributed by atoms with E-state index in [9.17, 15) is 4.39 Å². The van der Waals surface area contributed by atoms with E-state index in [1.54, 1.807) is 6.07 Å². The fourth-order valence-electron chi connectivity index (χ4n) is 1.05. The molecule has 1 rings (SSSR count). The summed E-state index contributed by atoms with van der Waals surface area (Å²) in [4.78, 5) is 0. The standard InChI is InChI=1S/C10H13FOS/c1-10(2,13)7-4-5-9(12-3)8(11)6-7/h4-6,13H,1-3H3. The maximum atomic E-state index is 13.2. The smallest absolute Gasteiger partial charge is 0.165 e. The van der Waals surface area contributed by atoms with Gasteiger partial charge in [0, 0.05) is 4.75 Å². The van der Waals surface area contributed by atoms with E-state index in [0.717, 1.165) is 5.56 Å². The van der Waals surface area contributed by atoms with Gasteiger partial charge >= 0.3 is 0 Å². The summed E-state index contributed by atoms with van der Waals surface area (Å²) >= 11 is 4.35. The van der Waals surface area contributed by atoms with Crippen molar-refractivity contribution in [1.29, 1.82) is 0 Å². The van der Waals surface area contributed by atoms with E-state index in [2.05, 4.69) is 12.6 Å². The molecular formula is C10H13FOS. The number of hydrogen-bond acceptors (Lipinski definition) is 2. The zero-order chi connectivity index (χ0) is 10.1. The van der Waals surface area contributed by atoms with Gasteiger partial charge in [-0.1, -0.05) is 6.07 Å². The fourth-order valence-corrected chi connectivity index (χ4v) is 1.19. The first-order valence-electron chi connectivity index (χ1n) is 4.01. The Morgan fingerprint density at radius 2 is 2.00 bits per heavy atom. The Hall–Kier alpha value is -0.700. The third-order valence-corrected chi connectivity index (χ3v) is 2.12. The van der Waals surface area contributed by atoms with E-state index >= 15 is 0 Å². The molecular weight excluding hydrogens is 187 g/mol. The van der Waals surface area contributed by atoms with Crippen LogP contribution in [0.2, 0.25) is 0 Å². The molecule has 3 heteroatoms. The van der Waals surface area contributed by atoms with E-state index in [1.165, 1.54) is 13.2 Å². The molecule has 0 amide bonds. The Morgan fingerprint density at radius 3 is 2.38 bits per heavy atom. The number of methoxy groups -OCH3 is 1. The highest BCUT2D eigenvalue weighted by Crippen LogP contribution is 2.29. The molecule has 0 spiro atoms. The molecule has 0 fully saturated rings. The number of hydrogen-bond donors (Lipinski definition) is 1. The van der Waals surface area contributed by atoms with E-state index in [4.69, 9.17) is 4.74 Å². The van der Waals surface area contributed by atoms with Crippen LogP contribution in [0.15, 0.2) is 18.2 Å². The molecule has 0 aliphatic carbocycles. The number of thiol groups is 1. The van der Waals surface area contributed by atoms with Crippen LogP contribution in [0.5, 0.6) is 5.75 Å². The molecule has 0 saturated carbocycles. The zero-order valence-electron chi connectivity index (χ0n) is 7.97. The topological polar surface area (TPSA) is 9.23 Å². The minimum atomic E-state index is -0.345. The Kier molecular flexibility index (Phi) is 2.86. The van der Waals surface area contributed by atoms with Gasteiger partial charge in [-0.3, -0.25) is 0 Å². The lowest BCUT2D eigenvalue weighted by Crippen LogP contribution is -2.08. The highest BCUT2D eigenvalue weighted by atomic mass is 32.1. The van der Waals surface area contributed by atoms with E-state index in [0.29, 0.717) is 0 Å². The molecule has 0 heterocycles. The maximum Gasteiger partial charge on any atom is 0.165 e. The summed E-state index contributed by atoms with van der Waals surface area (Å²) in [6, 6.07) is 4.88. The molecule has 0 aromatic heterocycles. The van der Waals surface area contributed by atoms with E-state index < -0.39 is 0 Å². The highest BCUT2D eigenvalue weighted by molar-refractivity contribution is 7.81. The molecule has 13 heavy (non-hydrogen) atoms. The summed E-state index contributed by atoms with van der Waals surface area (Å²) < 4.78 is 17.7. The number of rotatable bonds is 2. The molecule has 1 nitrogen and oxygen atoms in total. The lowest BCUT2D eigenvalue weighted by Gasteiger charge is -2.18. The third-order valence-electron chi connectivity index (χ3n) is 1.86. The monoisotopic (exact) mass is 200 g/mol. The van der Waals surface area contributed by atoms with Crippen LogP contribution in [0.4, 0.5) is 4.39 Å². The highest BCUT2D eigenvalue weighted by Gasteiger charge is 2.16. The second kappa shape index (κ2) is 3.58. The summed E-state index contributed by atoms with van der Waals surface area (Å²) in [5.74, 6) is -0.0801.